The molecular weight excluding hydrogens is 256 g/mol. The molecule has 0 atom stereocenters. The van der Waals surface area contributed by atoms with E-state index in [1.165, 1.54) is 24.3 Å². The molecule has 1 N–H and O–H groups in total. The number of hydrogen-bond acceptors (Lipinski definition) is 1. The summed E-state index contributed by atoms with van der Waals surface area (Å²) in [6, 6.07) is 9.10. The first kappa shape index (κ1) is 12.8. The molecule has 0 unspecified atom stereocenters. The van der Waals surface area contributed by atoms with Gasteiger partial charge in [-0.15, -0.1) is 0 Å². The van der Waals surface area contributed by atoms with Crippen molar-refractivity contribution in [3.63, 3.8) is 0 Å². The zero-order valence-electron chi connectivity index (χ0n) is 9.81. The molecule has 2 aromatic rings. The molecule has 2 rings (SSSR count). The second kappa shape index (κ2) is 5.36. The number of para-hydroxylation sites is 1. The Morgan fingerprint density at radius 3 is 2.61 bits per heavy atom. The van der Waals surface area contributed by atoms with Gasteiger partial charge in [-0.25, -0.2) is 8.78 Å². The summed E-state index contributed by atoms with van der Waals surface area (Å²) in [5, 5.41) is 3.35. The Labute approximate surface area is 109 Å². The lowest BCUT2D eigenvalue weighted by molar-refractivity contribution is 0.610. The molecule has 94 valence electrons. The highest BCUT2D eigenvalue weighted by molar-refractivity contribution is 6.30. The van der Waals surface area contributed by atoms with Crippen molar-refractivity contribution in [2.75, 3.05) is 5.32 Å². The van der Waals surface area contributed by atoms with E-state index in [4.69, 9.17) is 11.6 Å². The third kappa shape index (κ3) is 2.79. The first-order chi connectivity index (χ1) is 8.58. The molecule has 4 heteroatoms. The summed E-state index contributed by atoms with van der Waals surface area (Å²) in [6.07, 6.45) is 0. The SMILES string of the molecule is Cc1cccc(F)c1NCc1cc(Cl)ccc1F. The number of benzene rings is 2. The summed E-state index contributed by atoms with van der Waals surface area (Å²) >= 11 is 5.79. The van der Waals surface area contributed by atoms with Crippen LogP contribution >= 0.6 is 11.6 Å². The number of aryl methyl sites for hydroxylation is 1. The van der Waals surface area contributed by atoms with Crippen molar-refractivity contribution in [2.45, 2.75) is 13.5 Å². The molecule has 1 nitrogen and oxygen atoms in total. The molecule has 0 bridgehead atoms. The van der Waals surface area contributed by atoms with Crippen molar-refractivity contribution < 1.29 is 8.78 Å². The van der Waals surface area contributed by atoms with E-state index in [2.05, 4.69) is 5.32 Å². The Hall–Kier alpha value is -1.61. The van der Waals surface area contributed by atoms with Gasteiger partial charge in [-0.2, -0.15) is 0 Å². The van der Waals surface area contributed by atoms with E-state index >= 15 is 0 Å². The van der Waals surface area contributed by atoms with Crippen LogP contribution in [0.4, 0.5) is 14.5 Å². The highest BCUT2D eigenvalue weighted by atomic mass is 35.5. The Morgan fingerprint density at radius 2 is 1.89 bits per heavy atom. The number of anilines is 1. The third-order valence-corrected chi connectivity index (χ3v) is 2.92. The summed E-state index contributed by atoms with van der Waals surface area (Å²) in [7, 11) is 0. The van der Waals surface area contributed by atoms with Gasteiger partial charge in [0.2, 0.25) is 0 Å². The van der Waals surface area contributed by atoms with Crippen LogP contribution in [0.5, 0.6) is 0 Å². The molecule has 0 aromatic heterocycles. The van der Waals surface area contributed by atoms with Gasteiger partial charge >= 0.3 is 0 Å². The van der Waals surface area contributed by atoms with E-state index in [0.717, 1.165) is 5.56 Å². The molecule has 0 fully saturated rings. The van der Waals surface area contributed by atoms with Crippen LogP contribution in [-0.4, -0.2) is 0 Å². The standard InChI is InChI=1S/C14H12ClF2N/c1-9-3-2-4-13(17)14(9)18-8-10-7-11(15)5-6-12(10)16/h2-7,18H,8H2,1H3. The molecule has 0 heterocycles. The average Bonchev–Trinajstić information content (AvgIpc) is 2.33. The Bertz CT molecular complexity index is 549. The van der Waals surface area contributed by atoms with Gasteiger partial charge in [-0.05, 0) is 36.8 Å². The number of halogens is 3. The van der Waals surface area contributed by atoms with E-state index in [9.17, 15) is 8.78 Å². The van der Waals surface area contributed by atoms with Crippen LogP contribution in [-0.2, 0) is 6.54 Å². The molecule has 0 aliphatic rings. The number of rotatable bonds is 3. The first-order valence-electron chi connectivity index (χ1n) is 5.51. The van der Waals surface area contributed by atoms with Gasteiger partial charge in [0.1, 0.15) is 11.6 Å². The summed E-state index contributed by atoms with van der Waals surface area (Å²) < 4.78 is 27.0. The predicted molar refractivity (Wildman–Crippen MR) is 69.9 cm³/mol. The number of hydrogen-bond donors (Lipinski definition) is 1. The predicted octanol–water partition coefficient (Wildman–Crippen LogP) is 4.54. The first-order valence-corrected chi connectivity index (χ1v) is 5.88. The van der Waals surface area contributed by atoms with Gasteiger partial charge in [0.15, 0.2) is 0 Å². The third-order valence-electron chi connectivity index (χ3n) is 2.69. The zero-order valence-corrected chi connectivity index (χ0v) is 10.6. The van der Waals surface area contributed by atoms with E-state index in [-0.39, 0.29) is 18.2 Å². The summed E-state index contributed by atoms with van der Waals surface area (Å²) in [4.78, 5) is 0. The fourth-order valence-electron chi connectivity index (χ4n) is 1.72. The Kier molecular flexibility index (Phi) is 3.82. The largest absolute Gasteiger partial charge is 0.378 e. The molecule has 2 aromatic carbocycles. The second-order valence-corrected chi connectivity index (χ2v) is 4.46. The van der Waals surface area contributed by atoms with Gasteiger partial charge in [-0.1, -0.05) is 23.7 Å². The van der Waals surface area contributed by atoms with E-state index in [1.807, 2.05) is 0 Å². The van der Waals surface area contributed by atoms with Gasteiger partial charge in [0, 0.05) is 17.1 Å². The highest BCUT2D eigenvalue weighted by Crippen LogP contribution is 2.21. The lowest BCUT2D eigenvalue weighted by Gasteiger charge is -2.11. The maximum Gasteiger partial charge on any atom is 0.146 e. The minimum Gasteiger partial charge on any atom is -0.378 e. The monoisotopic (exact) mass is 267 g/mol. The van der Waals surface area contributed by atoms with E-state index in [0.29, 0.717) is 16.3 Å². The van der Waals surface area contributed by atoms with Gasteiger partial charge in [-0.3, -0.25) is 0 Å². The zero-order chi connectivity index (χ0) is 13.1. The molecule has 0 spiro atoms. The smallest absolute Gasteiger partial charge is 0.146 e. The molecule has 0 saturated carbocycles. The molecular formula is C14H12ClF2N. The van der Waals surface area contributed by atoms with Crippen LogP contribution in [0, 0.1) is 18.6 Å². The lowest BCUT2D eigenvalue weighted by Crippen LogP contribution is -2.05. The van der Waals surface area contributed by atoms with Gasteiger partial charge < -0.3 is 5.32 Å². The molecule has 0 aliphatic carbocycles. The van der Waals surface area contributed by atoms with Crippen molar-refractivity contribution in [2.24, 2.45) is 0 Å². The van der Waals surface area contributed by atoms with Crippen LogP contribution in [0.1, 0.15) is 11.1 Å². The van der Waals surface area contributed by atoms with Gasteiger partial charge in [0.05, 0.1) is 5.69 Å². The fraction of sp³-hybridized carbons (Fsp3) is 0.143. The Morgan fingerprint density at radius 1 is 1.11 bits per heavy atom. The number of nitrogens with one attached hydrogen (secondary N) is 1. The molecule has 0 radical (unpaired) electrons. The van der Waals surface area contributed by atoms with Crippen molar-refractivity contribution in [1.82, 2.24) is 0 Å². The lowest BCUT2D eigenvalue weighted by atomic mass is 10.1. The maximum atomic E-state index is 13.6. The van der Waals surface area contributed by atoms with E-state index < -0.39 is 0 Å². The van der Waals surface area contributed by atoms with Crippen LogP contribution in [0.15, 0.2) is 36.4 Å². The molecule has 18 heavy (non-hydrogen) atoms. The molecule has 0 saturated heterocycles. The van der Waals surface area contributed by atoms with Crippen LogP contribution in [0.25, 0.3) is 0 Å². The summed E-state index contributed by atoms with van der Waals surface area (Å²) in [5.74, 6) is -0.710. The average molecular weight is 268 g/mol. The minimum absolute atomic E-state index is 0.189. The maximum absolute atomic E-state index is 13.6. The summed E-state index contributed by atoms with van der Waals surface area (Å²) in [5.41, 5.74) is 1.57. The quantitative estimate of drug-likeness (QED) is 0.861. The topological polar surface area (TPSA) is 12.0 Å². The van der Waals surface area contributed by atoms with Crippen molar-refractivity contribution in [3.05, 3.63) is 64.2 Å². The van der Waals surface area contributed by atoms with E-state index in [1.54, 1.807) is 19.1 Å². The van der Waals surface area contributed by atoms with Crippen molar-refractivity contribution in [3.8, 4) is 0 Å². The van der Waals surface area contributed by atoms with Crippen LogP contribution in [0.2, 0.25) is 5.02 Å². The van der Waals surface area contributed by atoms with Crippen molar-refractivity contribution in [1.29, 1.82) is 0 Å². The Balaban J connectivity index is 2.19. The fourth-order valence-corrected chi connectivity index (χ4v) is 1.91. The second-order valence-electron chi connectivity index (χ2n) is 4.02. The highest BCUT2D eigenvalue weighted by Gasteiger charge is 2.07. The summed E-state index contributed by atoms with van der Waals surface area (Å²) in [6.45, 7) is 1.98. The van der Waals surface area contributed by atoms with Crippen LogP contribution in [0.3, 0.4) is 0 Å². The van der Waals surface area contributed by atoms with Gasteiger partial charge in [0.25, 0.3) is 0 Å². The normalized spacial score (nSPS) is 10.4. The minimum atomic E-state index is -0.360. The van der Waals surface area contributed by atoms with Crippen LogP contribution < -0.4 is 5.32 Å². The van der Waals surface area contributed by atoms with Crippen molar-refractivity contribution >= 4 is 17.3 Å². The molecule has 0 aliphatic heterocycles. The molecule has 0 amide bonds.